The van der Waals surface area contributed by atoms with Crippen LogP contribution in [0.25, 0.3) is 11.3 Å². The lowest BCUT2D eigenvalue weighted by Crippen LogP contribution is -1.88. The van der Waals surface area contributed by atoms with Crippen molar-refractivity contribution in [1.82, 2.24) is 5.16 Å². The number of methoxy groups -OCH3 is 1. The second kappa shape index (κ2) is 4.05. The van der Waals surface area contributed by atoms with Crippen molar-refractivity contribution in [2.24, 2.45) is 0 Å². The number of aromatic nitrogens is 1. The fourth-order valence-electron chi connectivity index (χ4n) is 1.36. The summed E-state index contributed by atoms with van der Waals surface area (Å²) in [7, 11) is 1.46. The van der Waals surface area contributed by atoms with Crippen molar-refractivity contribution in [1.29, 1.82) is 0 Å². The standard InChI is InChI=1S/C10H9BrN2O3/c1-15-10-5(2-3-6(11)9(10)14)7-4-8(12)13-16-7/h2-4,14H,1H3,(H2,12,13). The molecule has 0 amide bonds. The van der Waals surface area contributed by atoms with Crippen molar-refractivity contribution in [2.75, 3.05) is 12.8 Å². The largest absolute Gasteiger partial charge is 0.503 e. The first-order valence-corrected chi connectivity index (χ1v) is 5.20. The molecule has 0 aliphatic carbocycles. The minimum atomic E-state index is 0.00923. The number of hydrogen-bond acceptors (Lipinski definition) is 5. The Balaban J connectivity index is 2.61. The van der Waals surface area contributed by atoms with Gasteiger partial charge >= 0.3 is 0 Å². The Labute approximate surface area is 99.9 Å². The van der Waals surface area contributed by atoms with Crippen LogP contribution in [0.5, 0.6) is 11.5 Å². The van der Waals surface area contributed by atoms with Crippen LogP contribution in [0.4, 0.5) is 5.82 Å². The van der Waals surface area contributed by atoms with Crippen LogP contribution in [-0.2, 0) is 0 Å². The molecule has 0 saturated carbocycles. The van der Waals surface area contributed by atoms with Gasteiger partial charge < -0.3 is 20.1 Å². The van der Waals surface area contributed by atoms with Crippen molar-refractivity contribution in [3.05, 3.63) is 22.7 Å². The molecule has 3 N–H and O–H groups in total. The Morgan fingerprint density at radius 1 is 1.50 bits per heavy atom. The van der Waals surface area contributed by atoms with Gasteiger partial charge in [-0.05, 0) is 28.1 Å². The summed E-state index contributed by atoms with van der Waals surface area (Å²) < 4.78 is 10.7. The molecule has 0 radical (unpaired) electrons. The molecule has 0 fully saturated rings. The summed E-state index contributed by atoms with van der Waals surface area (Å²) in [5.74, 6) is 1.04. The lowest BCUT2D eigenvalue weighted by atomic mass is 10.1. The minimum absolute atomic E-state index is 0.00923. The third-order valence-corrected chi connectivity index (χ3v) is 2.72. The third kappa shape index (κ3) is 1.71. The number of rotatable bonds is 2. The smallest absolute Gasteiger partial charge is 0.172 e. The van der Waals surface area contributed by atoms with Gasteiger partial charge in [0.05, 0.1) is 17.1 Å². The van der Waals surface area contributed by atoms with Gasteiger partial charge in [-0.25, -0.2) is 0 Å². The van der Waals surface area contributed by atoms with Crippen molar-refractivity contribution < 1.29 is 14.4 Å². The molecule has 1 heterocycles. The highest BCUT2D eigenvalue weighted by atomic mass is 79.9. The van der Waals surface area contributed by atoms with E-state index in [2.05, 4.69) is 21.1 Å². The molecule has 0 bridgehead atoms. The molecule has 0 unspecified atom stereocenters. The number of phenols is 1. The molecule has 2 aromatic rings. The fraction of sp³-hybridized carbons (Fsp3) is 0.100. The van der Waals surface area contributed by atoms with Crippen molar-refractivity contribution in [3.63, 3.8) is 0 Å². The molecule has 0 saturated heterocycles. The number of nitrogens with two attached hydrogens (primary N) is 1. The number of hydrogen-bond donors (Lipinski definition) is 2. The zero-order valence-corrected chi connectivity index (χ0v) is 9.98. The minimum Gasteiger partial charge on any atom is -0.503 e. The molecule has 2 rings (SSSR count). The monoisotopic (exact) mass is 284 g/mol. The molecule has 0 spiro atoms. The summed E-state index contributed by atoms with van der Waals surface area (Å²) in [6.07, 6.45) is 0. The van der Waals surface area contributed by atoms with Gasteiger partial charge in [-0.2, -0.15) is 0 Å². The fourth-order valence-corrected chi connectivity index (χ4v) is 1.68. The van der Waals surface area contributed by atoms with Gasteiger partial charge in [-0.15, -0.1) is 0 Å². The topological polar surface area (TPSA) is 81.5 Å². The van der Waals surface area contributed by atoms with Gasteiger partial charge in [-0.1, -0.05) is 5.16 Å². The van der Waals surface area contributed by atoms with Crippen LogP contribution in [0.15, 0.2) is 27.2 Å². The molecular formula is C10H9BrN2O3. The Kier molecular flexibility index (Phi) is 2.74. The molecule has 16 heavy (non-hydrogen) atoms. The molecule has 1 aromatic heterocycles. The van der Waals surface area contributed by atoms with Crippen LogP contribution in [0.3, 0.4) is 0 Å². The number of anilines is 1. The molecular weight excluding hydrogens is 276 g/mol. The van der Waals surface area contributed by atoms with Crippen molar-refractivity contribution >= 4 is 21.7 Å². The molecule has 5 nitrogen and oxygen atoms in total. The molecule has 0 aliphatic rings. The van der Waals surface area contributed by atoms with E-state index in [0.29, 0.717) is 21.5 Å². The number of nitrogen functional groups attached to an aromatic ring is 1. The Bertz CT molecular complexity index is 525. The van der Waals surface area contributed by atoms with Crippen molar-refractivity contribution in [2.45, 2.75) is 0 Å². The molecule has 1 aromatic carbocycles. The zero-order valence-electron chi connectivity index (χ0n) is 8.40. The first-order valence-electron chi connectivity index (χ1n) is 4.41. The number of halogens is 1. The predicted molar refractivity (Wildman–Crippen MR) is 62.3 cm³/mol. The average molecular weight is 285 g/mol. The highest BCUT2D eigenvalue weighted by Crippen LogP contribution is 2.42. The summed E-state index contributed by atoms with van der Waals surface area (Å²) in [5.41, 5.74) is 6.05. The number of phenolic OH excluding ortho intramolecular Hbond substituents is 1. The zero-order chi connectivity index (χ0) is 11.7. The highest BCUT2D eigenvalue weighted by Gasteiger charge is 2.16. The molecule has 84 valence electrons. The summed E-state index contributed by atoms with van der Waals surface area (Å²) in [4.78, 5) is 0. The normalized spacial score (nSPS) is 10.4. The first-order chi connectivity index (χ1) is 7.63. The quantitative estimate of drug-likeness (QED) is 0.885. The van der Waals surface area contributed by atoms with E-state index in [-0.39, 0.29) is 11.6 Å². The second-order valence-electron chi connectivity index (χ2n) is 3.09. The summed E-state index contributed by atoms with van der Waals surface area (Å²) in [5, 5.41) is 13.4. The van der Waals surface area contributed by atoms with E-state index in [9.17, 15) is 5.11 Å². The van der Waals surface area contributed by atoms with Crippen LogP contribution >= 0.6 is 15.9 Å². The Morgan fingerprint density at radius 2 is 2.25 bits per heavy atom. The van der Waals surface area contributed by atoms with Gasteiger partial charge in [0.2, 0.25) is 0 Å². The Morgan fingerprint density at radius 3 is 2.81 bits per heavy atom. The second-order valence-corrected chi connectivity index (χ2v) is 3.95. The van der Waals surface area contributed by atoms with Crippen LogP contribution in [0.1, 0.15) is 0 Å². The van der Waals surface area contributed by atoms with E-state index in [4.69, 9.17) is 15.0 Å². The Hall–Kier alpha value is -1.69. The number of aromatic hydroxyl groups is 1. The van der Waals surface area contributed by atoms with Gasteiger partial charge in [0.15, 0.2) is 23.1 Å². The molecule has 6 heteroatoms. The first kappa shape index (κ1) is 10.8. The predicted octanol–water partition coefficient (Wildman–Crippen LogP) is 2.40. The van der Waals surface area contributed by atoms with E-state index in [0.717, 1.165) is 0 Å². The SMILES string of the molecule is COc1c(-c2cc(N)no2)ccc(Br)c1O. The number of benzene rings is 1. The van der Waals surface area contributed by atoms with Crippen LogP contribution in [0.2, 0.25) is 0 Å². The van der Waals surface area contributed by atoms with E-state index in [1.807, 2.05) is 0 Å². The summed E-state index contributed by atoms with van der Waals surface area (Å²) >= 11 is 3.20. The van der Waals surface area contributed by atoms with E-state index < -0.39 is 0 Å². The number of ether oxygens (including phenoxy) is 1. The van der Waals surface area contributed by atoms with Crippen LogP contribution in [0, 0.1) is 0 Å². The highest BCUT2D eigenvalue weighted by molar-refractivity contribution is 9.10. The summed E-state index contributed by atoms with van der Waals surface area (Å²) in [6, 6.07) is 4.99. The average Bonchev–Trinajstić information content (AvgIpc) is 2.68. The lowest BCUT2D eigenvalue weighted by molar-refractivity contribution is 0.370. The third-order valence-electron chi connectivity index (χ3n) is 2.08. The van der Waals surface area contributed by atoms with E-state index >= 15 is 0 Å². The maximum absolute atomic E-state index is 9.78. The lowest BCUT2D eigenvalue weighted by Gasteiger charge is -2.08. The van der Waals surface area contributed by atoms with Crippen molar-refractivity contribution in [3.8, 4) is 22.8 Å². The van der Waals surface area contributed by atoms with Gasteiger partial charge in [0.1, 0.15) is 0 Å². The molecule has 0 aliphatic heterocycles. The summed E-state index contributed by atoms with van der Waals surface area (Å²) in [6.45, 7) is 0. The maximum Gasteiger partial charge on any atom is 0.172 e. The van der Waals surface area contributed by atoms with Gasteiger partial charge in [0.25, 0.3) is 0 Å². The number of nitrogens with zero attached hydrogens (tertiary/aromatic N) is 1. The van der Waals surface area contributed by atoms with Crippen LogP contribution < -0.4 is 10.5 Å². The van der Waals surface area contributed by atoms with Crippen LogP contribution in [-0.4, -0.2) is 17.4 Å². The van der Waals surface area contributed by atoms with E-state index in [1.165, 1.54) is 7.11 Å². The van der Waals surface area contributed by atoms with Gasteiger partial charge in [0, 0.05) is 6.07 Å². The molecule has 0 atom stereocenters. The maximum atomic E-state index is 9.78. The van der Waals surface area contributed by atoms with Gasteiger partial charge in [-0.3, -0.25) is 0 Å². The van der Waals surface area contributed by atoms with E-state index in [1.54, 1.807) is 18.2 Å².